The third-order valence-corrected chi connectivity index (χ3v) is 5.07. The molecule has 156 valence electrons. The van der Waals surface area contributed by atoms with Crippen molar-refractivity contribution in [2.45, 2.75) is 6.61 Å². The van der Waals surface area contributed by atoms with Crippen LogP contribution in [0.5, 0.6) is 17.2 Å². The van der Waals surface area contributed by atoms with Crippen LogP contribution >= 0.6 is 0 Å². The molecular formula is C28H22N2O2. The van der Waals surface area contributed by atoms with Crippen LogP contribution in [0.4, 0.5) is 11.4 Å². The molecule has 4 nitrogen and oxygen atoms in total. The van der Waals surface area contributed by atoms with Gasteiger partial charge in [0.25, 0.3) is 0 Å². The topological polar surface area (TPSA) is 43.4 Å². The van der Waals surface area contributed by atoms with Gasteiger partial charge in [-0.3, -0.25) is 4.98 Å². The summed E-state index contributed by atoms with van der Waals surface area (Å²) in [6.45, 7) is 0.522. The molecule has 0 radical (unpaired) electrons. The van der Waals surface area contributed by atoms with Crippen molar-refractivity contribution in [3.8, 4) is 17.2 Å². The summed E-state index contributed by atoms with van der Waals surface area (Å²) in [6, 6.07) is 35.8. The van der Waals surface area contributed by atoms with Gasteiger partial charge in [-0.1, -0.05) is 54.6 Å². The first-order chi connectivity index (χ1) is 15.8. The minimum absolute atomic E-state index is 0.522. The third-order valence-electron chi connectivity index (χ3n) is 5.07. The molecule has 0 saturated carbocycles. The summed E-state index contributed by atoms with van der Waals surface area (Å²) >= 11 is 0. The molecule has 4 heteroatoms. The monoisotopic (exact) mass is 418 g/mol. The van der Waals surface area contributed by atoms with Gasteiger partial charge in [0, 0.05) is 29.0 Å². The summed E-state index contributed by atoms with van der Waals surface area (Å²) in [6.07, 6.45) is 1.81. The minimum Gasteiger partial charge on any atom is -0.489 e. The molecule has 0 bridgehead atoms. The average Bonchev–Trinajstić information content (AvgIpc) is 2.85. The molecule has 5 rings (SSSR count). The van der Waals surface area contributed by atoms with Gasteiger partial charge in [0.05, 0.1) is 5.52 Å². The molecule has 0 unspecified atom stereocenters. The number of benzene rings is 4. The maximum atomic E-state index is 6.03. The Hall–Kier alpha value is -4.31. The molecule has 0 aliphatic heterocycles. The molecule has 0 spiro atoms. The number of nitrogens with zero attached hydrogens (tertiary/aromatic N) is 1. The van der Waals surface area contributed by atoms with Crippen LogP contribution in [0.3, 0.4) is 0 Å². The highest BCUT2D eigenvalue weighted by molar-refractivity contribution is 5.92. The zero-order valence-corrected chi connectivity index (χ0v) is 17.4. The second-order valence-corrected chi connectivity index (χ2v) is 7.38. The molecule has 1 heterocycles. The fraction of sp³-hybridized carbons (Fsp3) is 0.0357. The first-order valence-corrected chi connectivity index (χ1v) is 10.5. The van der Waals surface area contributed by atoms with Gasteiger partial charge in [0.1, 0.15) is 23.9 Å². The normalized spacial score (nSPS) is 10.6. The molecule has 0 atom stereocenters. The predicted molar refractivity (Wildman–Crippen MR) is 129 cm³/mol. The van der Waals surface area contributed by atoms with Gasteiger partial charge in [0.2, 0.25) is 0 Å². The van der Waals surface area contributed by atoms with E-state index in [1.165, 1.54) is 0 Å². The van der Waals surface area contributed by atoms with E-state index in [9.17, 15) is 0 Å². The van der Waals surface area contributed by atoms with E-state index in [2.05, 4.69) is 16.4 Å². The van der Waals surface area contributed by atoms with Crippen molar-refractivity contribution in [1.29, 1.82) is 0 Å². The molecule has 5 aromatic rings. The summed E-state index contributed by atoms with van der Waals surface area (Å²) in [5.74, 6) is 2.26. The van der Waals surface area contributed by atoms with E-state index in [0.717, 1.165) is 45.1 Å². The van der Waals surface area contributed by atoms with E-state index in [-0.39, 0.29) is 0 Å². The van der Waals surface area contributed by atoms with Crippen molar-refractivity contribution >= 4 is 22.3 Å². The van der Waals surface area contributed by atoms with Crippen LogP contribution in [-0.2, 0) is 6.61 Å². The SMILES string of the molecule is c1ccc(COc2cccc(Oc3ccc(Nc4ccnc5ccccc45)cc3)c2)cc1. The van der Waals surface area contributed by atoms with Gasteiger partial charge in [-0.25, -0.2) is 0 Å². The lowest BCUT2D eigenvalue weighted by Crippen LogP contribution is -1.95. The number of hydrogen-bond acceptors (Lipinski definition) is 4. The lowest BCUT2D eigenvalue weighted by molar-refractivity contribution is 0.304. The van der Waals surface area contributed by atoms with Crippen molar-refractivity contribution < 1.29 is 9.47 Å². The zero-order valence-electron chi connectivity index (χ0n) is 17.4. The Bertz CT molecular complexity index is 1310. The van der Waals surface area contributed by atoms with E-state index in [4.69, 9.17) is 9.47 Å². The predicted octanol–water partition coefficient (Wildman–Crippen LogP) is 7.35. The quantitative estimate of drug-likeness (QED) is 0.300. The van der Waals surface area contributed by atoms with Crippen LogP contribution in [0.15, 0.2) is 115 Å². The molecule has 0 amide bonds. The molecule has 0 saturated heterocycles. The third kappa shape index (κ3) is 4.71. The van der Waals surface area contributed by atoms with E-state index in [1.54, 1.807) is 0 Å². The molecule has 0 aliphatic carbocycles. The fourth-order valence-corrected chi connectivity index (χ4v) is 3.47. The number of fused-ring (bicyclic) bond motifs is 1. The number of anilines is 2. The summed E-state index contributed by atoms with van der Waals surface area (Å²) < 4.78 is 11.9. The molecule has 1 N–H and O–H groups in total. The number of para-hydroxylation sites is 1. The van der Waals surface area contributed by atoms with E-state index in [0.29, 0.717) is 6.61 Å². The molecular weight excluding hydrogens is 396 g/mol. The standard InChI is InChI=1S/C28H22N2O2/c1-2-7-21(8-3-1)20-31-24-9-6-10-25(19-24)32-23-15-13-22(14-16-23)30-28-17-18-29-27-12-5-4-11-26(27)28/h1-19H,20H2,(H,29,30). The van der Waals surface area contributed by atoms with Crippen LogP contribution in [0.1, 0.15) is 5.56 Å². The molecule has 0 aliphatic rings. The first-order valence-electron chi connectivity index (χ1n) is 10.5. The summed E-state index contributed by atoms with van der Waals surface area (Å²) in [4.78, 5) is 4.41. The highest BCUT2D eigenvalue weighted by Crippen LogP contribution is 2.29. The molecule has 1 aromatic heterocycles. The maximum absolute atomic E-state index is 6.03. The van der Waals surface area contributed by atoms with Crippen LogP contribution < -0.4 is 14.8 Å². The van der Waals surface area contributed by atoms with Crippen LogP contribution in [-0.4, -0.2) is 4.98 Å². The van der Waals surface area contributed by atoms with Crippen molar-refractivity contribution in [2.24, 2.45) is 0 Å². The van der Waals surface area contributed by atoms with Crippen molar-refractivity contribution in [2.75, 3.05) is 5.32 Å². The highest BCUT2D eigenvalue weighted by Gasteiger charge is 2.04. The Morgan fingerprint density at radius 2 is 1.44 bits per heavy atom. The Morgan fingerprint density at radius 3 is 2.31 bits per heavy atom. The van der Waals surface area contributed by atoms with E-state index < -0.39 is 0 Å². The van der Waals surface area contributed by atoms with Crippen molar-refractivity contribution in [3.05, 3.63) is 121 Å². The van der Waals surface area contributed by atoms with Gasteiger partial charge >= 0.3 is 0 Å². The lowest BCUT2D eigenvalue weighted by atomic mass is 10.2. The molecule has 32 heavy (non-hydrogen) atoms. The van der Waals surface area contributed by atoms with Crippen molar-refractivity contribution in [3.63, 3.8) is 0 Å². The lowest BCUT2D eigenvalue weighted by Gasteiger charge is -2.11. The smallest absolute Gasteiger partial charge is 0.131 e. The number of ether oxygens (including phenoxy) is 2. The largest absolute Gasteiger partial charge is 0.489 e. The Kier molecular flexibility index (Phi) is 5.66. The van der Waals surface area contributed by atoms with Gasteiger partial charge in [0.15, 0.2) is 0 Å². The number of pyridine rings is 1. The maximum Gasteiger partial charge on any atom is 0.131 e. The second kappa shape index (κ2) is 9.23. The van der Waals surface area contributed by atoms with Gasteiger partial charge in [-0.05, 0) is 54.1 Å². The van der Waals surface area contributed by atoms with Crippen LogP contribution in [0, 0.1) is 0 Å². The number of hydrogen-bond donors (Lipinski definition) is 1. The summed E-state index contributed by atoms with van der Waals surface area (Å²) in [5.41, 5.74) is 4.09. The number of aromatic nitrogens is 1. The molecule has 0 fully saturated rings. The second-order valence-electron chi connectivity index (χ2n) is 7.38. The van der Waals surface area contributed by atoms with Gasteiger partial charge in [-0.15, -0.1) is 0 Å². The van der Waals surface area contributed by atoms with E-state index >= 15 is 0 Å². The zero-order chi connectivity index (χ0) is 21.6. The van der Waals surface area contributed by atoms with Crippen LogP contribution in [0.2, 0.25) is 0 Å². The highest BCUT2D eigenvalue weighted by atomic mass is 16.5. The number of rotatable bonds is 7. The Morgan fingerprint density at radius 1 is 0.656 bits per heavy atom. The van der Waals surface area contributed by atoms with Crippen molar-refractivity contribution in [1.82, 2.24) is 4.98 Å². The fourth-order valence-electron chi connectivity index (χ4n) is 3.47. The van der Waals surface area contributed by atoms with Gasteiger partial charge < -0.3 is 14.8 Å². The Labute approximate surface area is 187 Å². The number of nitrogens with one attached hydrogen (secondary N) is 1. The average molecular weight is 418 g/mol. The molecule has 4 aromatic carbocycles. The van der Waals surface area contributed by atoms with Crippen LogP contribution in [0.25, 0.3) is 10.9 Å². The minimum atomic E-state index is 0.522. The van der Waals surface area contributed by atoms with E-state index in [1.807, 2.05) is 109 Å². The summed E-state index contributed by atoms with van der Waals surface area (Å²) in [7, 11) is 0. The van der Waals surface area contributed by atoms with Gasteiger partial charge in [-0.2, -0.15) is 0 Å². The Balaban J connectivity index is 1.25. The summed E-state index contributed by atoms with van der Waals surface area (Å²) in [5, 5.41) is 4.55. The first kappa shape index (κ1) is 19.6.